The Kier molecular flexibility index (Phi) is 18.2. The van der Waals surface area contributed by atoms with Crippen molar-refractivity contribution < 1.29 is 19.8 Å². The first-order chi connectivity index (χ1) is 19.5. The first-order valence-electron chi connectivity index (χ1n) is 17.9. The van der Waals surface area contributed by atoms with Crippen LogP contribution in [0.15, 0.2) is 0 Å². The molecule has 1 spiro atoms. The fourth-order valence-corrected chi connectivity index (χ4v) is 8.80. The lowest BCUT2D eigenvalue weighted by Gasteiger charge is -2.55. The fraction of sp³-hybridized carbons (Fsp3) is 0.944. The molecule has 0 aliphatic heterocycles. The molecule has 40 heavy (non-hydrogen) atoms. The van der Waals surface area contributed by atoms with E-state index in [9.17, 15) is 14.7 Å². The zero-order valence-corrected chi connectivity index (χ0v) is 26.6. The number of hydrogen-bond donors (Lipinski definition) is 2. The Morgan fingerprint density at radius 1 is 0.625 bits per heavy atom. The molecule has 0 radical (unpaired) electrons. The molecular weight excluding hydrogens is 496 g/mol. The zero-order chi connectivity index (χ0) is 29.1. The average Bonchev–Trinajstić information content (AvgIpc) is 2.91. The van der Waals surface area contributed by atoms with Crippen molar-refractivity contribution in [3.63, 3.8) is 0 Å². The topological polar surface area (TPSA) is 74.6 Å². The minimum absolute atomic E-state index is 0.0123. The summed E-state index contributed by atoms with van der Waals surface area (Å²) in [5.41, 5.74) is 0.0123. The molecule has 2 fully saturated rings. The average molecular weight is 563 g/mol. The van der Waals surface area contributed by atoms with Gasteiger partial charge in [-0.25, -0.2) is 0 Å². The second-order valence-corrected chi connectivity index (χ2v) is 13.8. The zero-order valence-electron chi connectivity index (χ0n) is 26.6. The normalized spacial score (nSPS) is 27.4. The third-order valence-electron chi connectivity index (χ3n) is 10.9. The van der Waals surface area contributed by atoms with E-state index >= 15 is 0 Å². The van der Waals surface area contributed by atoms with Crippen LogP contribution in [0.4, 0.5) is 0 Å². The molecular formula is C36H66O4. The van der Waals surface area contributed by atoms with Crippen LogP contribution in [-0.4, -0.2) is 22.2 Å². The van der Waals surface area contributed by atoms with Crippen LogP contribution in [0.2, 0.25) is 0 Å². The predicted molar refractivity (Wildman–Crippen MR) is 168 cm³/mol. The van der Waals surface area contributed by atoms with Gasteiger partial charge in [-0.1, -0.05) is 136 Å². The van der Waals surface area contributed by atoms with Crippen molar-refractivity contribution in [3.8, 4) is 0 Å². The third-order valence-corrected chi connectivity index (χ3v) is 10.9. The highest BCUT2D eigenvalue weighted by Crippen LogP contribution is 2.59. The van der Waals surface area contributed by atoms with Gasteiger partial charge in [0.25, 0.3) is 0 Å². The van der Waals surface area contributed by atoms with Crippen LogP contribution in [0.25, 0.3) is 0 Å². The summed E-state index contributed by atoms with van der Waals surface area (Å²) in [5.74, 6) is 0.760. The molecule has 2 saturated carbocycles. The molecule has 0 bridgehead atoms. The van der Waals surface area contributed by atoms with E-state index in [1.807, 2.05) is 0 Å². The summed E-state index contributed by atoms with van der Waals surface area (Å²) in [6, 6.07) is 0. The standard InChI is InChI=1S/C36H66O4/c1-3-5-7-16-22-30-27-29-36(28-21-15-14-19-25-33(36)35(39)40)32(31(30)23-17-8-6-4-2)24-18-12-10-9-11-13-20-26-34(37)38/h30-33H,3-29H2,1-2H3,(H,37,38)(H,39,40). The number of carboxylic acids is 2. The van der Waals surface area contributed by atoms with Crippen LogP contribution >= 0.6 is 0 Å². The highest BCUT2D eigenvalue weighted by atomic mass is 16.4. The molecule has 2 aliphatic carbocycles. The summed E-state index contributed by atoms with van der Waals surface area (Å²) in [5, 5.41) is 19.5. The van der Waals surface area contributed by atoms with E-state index in [1.165, 1.54) is 122 Å². The van der Waals surface area contributed by atoms with Crippen molar-refractivity contribution in [3.05, 3.63) is 0 Å². The molecule has 2 aliphatic rings. The van der Waals surface area contributed by atoms with E-state index < -0.39 is 11.9 Å². The first kappa shape index (κ1) is 35.1. The molecule has 0 amide bonds. The summed E-state index contributed by atoms with van der Waals surface area (Å²) in [6.45, 7) is 4.60. The Labute approximate surface area is 247 Å². The highest BCUT2D eigenvalue weighted by Gasteiger charge is 2.53. The van der Waals surface area contributed by atoms with Gasteiger partial charge in [0.1, 0.15) is 0 Å². The SMILES string of the molecule is CCCCCCC1CCC2(CCCCCCC2C(=O)O)C(CCCCCCCCCC(=O)O)C1CCCCCC. The summed E-state index contributed by atoms with van der Waals surface area (Å²) >= 11 is 0. The van der Waals surface area contributed by atoms with Gasteiger partial charge in [-0.2, -0.15) is 0 Å². The van der Waals surface area contributed by atoms with Crippen molar-refractivity contribution >= 4 is 11.9 Å². The lowest BCUT2D eigenvalue weighted by Crippen LogP contribution is -2.50. The predicted octanol–water partition coefficient (Wildman–Crippen LogP) is 11.2. The minimum Gasteiger partial charge on any atom is -0.481 e. The molecule has 2 rings (SSSR count). The van der Waals surface area contributed by atoms with Crippen LogP contribution in [0, 0.1) is 29.1 Å². The summed E-state index contributed by atoms with van der Waals surface area (Å²) in [6.07, 6.45) is 32.0. The third kappa shape index (κ3) is 12.0. The van der Waals surface area contributed by atoms with E-state index in [1.54, 1.807) is 0 Å². The van der Waals surface area contributed by atoms with Gasteiger partial charge in [-0.15, -0.1) is 0 Å². The molecule has 5 atom stereocenters. The molecule has 0 aromatic rings. The monoisotopic (exact) mass is 562 g/mol. The van der Waals surface area contributed by atoms with Gasteiger partial charge >= 0.3 is 11.9 Å². The van der Waals surface area contributed by atoms with Gasteiger partial charge in [-0.3, -0.25) is 9.59 Å². The number of carboxylic acid groups (broad SMARTS) is 2. The van der Waals surface area contributed by atoms with Gasteiger partial charge in [0.05, 0.1) is 5.92 Å². The molecule has 0 saturated heterocycles. The number of unbranched alkanes of at least 4 members (excludes halogenated alkanes) is 12. The number of carbonyl (C=O) groups is 2. The number of aliphatic carboxylic acids is 2. The van der Waals surface area contributed by atoms with Crippen molar-refractivity contribution in [2.75, 3.05) is 0 Å². The molecule has 0 heterocycles. The second-order valence-electron chi connectivity index (χ2n) is 13.8. The van der Waals surface area contributed by atoms with Crippen molar-refractivity contribution in [2.45, 2.75) is 187 Å². The quantitative estimate of drug-likeness (QED) is 0.136. The Bertz CT molecular complexity index is 676. The van der Waals surface area contributed by atoms with Crippen molar-refractivity contribution in [1.82, 2.24) is 0 Å². The Morgan fingerprint density at radius 3 is 1.85 bits per heavy atom. The summed E-state index contributed by atoms with van der Waals surface area (Å²) in [7, 11) is 0. The van der Waals surface area contributed by atoms with E-state index in [-0.39, 0.29) is 11.3 Å². The Morgan fingerprint density at radius 2 is 1.20 bits per heavy atom. The van der Waals surface area contributed by atoms with Gasteiger partial charge in [0, 0.05) is 6.42 Å². The summed E-state index contributed by atoms with van der Waals surface area (Å²) < 4.78 is 0. The van der Waals surface area contributed by atoms with Crippen LogP contribution in [-0.2, 0) is 9.59 Å². The van der Waals surface area contributed by atoms with E-state index in [0.29, 0.717) is 18.3 Å². The molecule has 2 N–H and O–H groups in total. The van der Waals surface area contributed by atoms with Crippen LogP contribution in [0.3, 0.4) is 0 Å². The molecule has 4 nitrogen and oxygen atoms in total. The lowest BCUT2D eigenvalue weighted by atomic mass is 9.49. The molecule has 0 aromatic heterocycles. The van der Waals surface area contributed by atoms with E-state index in [2.05, 4.69) is 13.8 Å². The summed E-state index contributed by atoms with van der Waals surface area (Å²) in [4.78, 5) is 23.6. The van der Waals surface area contributed by atoms with Gasteiger partial charge in [0.15, 0.2) is 0 Å². The minimum atomic E-state index is -0.678. The van der Waals surface area contributed by atoms with Crippen molar-refractivity contribution in [1.29, 1.82) is 0 Å². The van der Waals surface area contributed by atoms with Crippen molar-refractivity contribution in [2.24, 2.45) is 29.1 Å². The number of hydrogen-bond acceptors (Lipinski definition) is 2. The largest absolute Gasteiger partial charge is 0.481 e. The van der Waals surface area contributed by atoms with Crippen LogP contribution in [0.5, 0.6) is 0 Å². The molecule has 0 aromatic carbocycles. The number of rotatable bonds is 21. The molecule has 4 heteroatoms. The maximum atomic E-state index is 12.9. The van der Waals surface area contributed by atoms with E-state index in [4.69, 9.17) is 5.11 Å². The lowest BCUT2D eigenvalue weighted by molar-refractivity contribution is -0.156. The fourth-order valence-electron chi connectivity index (χ4n) is 8.80. The maximum Gasteiger partial charge on any atom is 0.307 e. The van der Waals surface area contributed by atoms with Gasteiger partial charge in [-0.05, 0) is 68.1 Å². The molecule has 234 valence electrons. The smallest absolute Gasteiger partial charge is 0.307 e. The van der Waals surface area contributed by atoms with E-state index in [0.717, 1.165) is 50.9 Å². The van der Waals surface area contributed by atoms with Crippen LogP contribution in [0.1, 0.15) is 187 Å². The van der Waals surface area contributed by atoms with Gasteiger partial charge in [0.2, 0.25) is 0 Å². The second kappa shape index (κ2) is 20.8. The van der Waals surface area contributed by atoms with Crippen LogP contribution < -0.4 is 0 Å². The maximum absolute atomic E-state index is 12.9. The molecule has 5 unspecified atom stereocenters. The first-order valence-corrected chi connectivity index (χ1v) is 17.9. The Balaban J connectivity index is 2.16. The van der Waals surface area contributed by atoms with Gasteiger partial charge < -0.3 is 10.2 Å². The Hall–Kier alpha value is -1.06. The highest BCUT2D eigenvalue weighted by molar-refractivity contribution is 5.71.